The molecule has 0 bridgehead atoms. The maximum atomic E-state index is 11.9. The van der Waals surface area contributed by atoms with Gasteiger partial charge in [0.15, 0.2) is 0 Å². The molecule has 1 aliphatic heterocycles. The van der Waals surface area contributed by atoms with Gasteiger partial charge in [0.05, 0.1) is 6.61 Å². The Hall–Kier alpha value is -1.63. The second kappa shape index (κ2) is 6.19. The minimum Gasteiger partial charge on any atom is -0.480 e. The third-order valence-corrected chi connectivity index (χ3v) is 2.50. The van der Waals surface area contributed by atoms with Crippen molar-refractivity contribution in [1.29, 1.82) is 0 Å². The van der Waals surface area contributed by atoms with E-state index in [0.717, 1.165) is 0 Å². The molecule has 17 heavy (non-hydrogen) atoms. The van der Waals surface area contributed by atoms with Crippen LogP contribution >= 0.6 is 0 Å². The van der Waals surface area contributed by atoms with E-state index in [-0.39, 0.29) is 31.5 Å². The third-order valence-electron chi connectivity index (χ3n) is 2.50. The average molecular weight is 244 g/mol. The highest BCUT2D eigenvalue weighted by Crippen LogP contribution is 2.09. The van der Waals surface area contributed by atoms with Crippen molar-refractivity contribution in [3.05, 3.63) is 0 Å². The van der Waals surface area contributed by atoms with Gasteiger partial charge in [0.1, 0.15) is 12.6 Å². The Balaban J connectivity index is 2.58. The maximum Gasteiger partial charge on any atom is 0.323 e. The molecule has 0 aromatic rings. The van der Waals surface area contributed by atoms with E-state index in [1.54, 1.807) is 0 Å². The number of carboxylic acid groups (broad SMARTS) is 1. The van der Waals surface area contributed by atoms with Gasteiger partial charge in [0.2, 0.25) is 11.8 Å². The molecule has 0 radical (unpaired) electrons. The molecule has 0 saturated carbocycles. The number of amides is 2. The number of nitrogens with zero attached hydrogens (tertiary/aromatic N) is 1. The molecular weight excluding hydrogens is 228 g/mol. The summed E-state index contributed by atoms with van der Waals surface area (Å²) in [7, 11) is 1.47. The normalized spacial score (nSPS) is 18.9. The zero-order valence-electron chi connectivity index (χ0n) is 9.64. The summed E-state index contributed by atoms with van der Waals surface area (Å²) in [6.07, 6.45) is 0.725. The summed E-state index contributed by atoms with van der Waals surface area (Å²) >= 11 is 0. The summed E-state index contributed by atoms with van der Waals surface area (Å²) in [5.74, 6) is -1.63. The van der Waals surface area contributed by atoms with E-state index in [2.05, 4.69) is 5.32 Å². The molecule has 1 atom stereocenters. The zero-order chi connectivity index (χ0) is 12.8. The third kappa shape index (κ3) is 4.03. The van der Waals surface area contributed by atoms with E-state index in [1.807, 2.05) is 0 Å². The molecule has 1 heterocycles. The summed E-state index contributed by atoms with van der Waals surface area (Å²) < 4.78 is 4.81. The van der Waals surface area contributed by atoms with Gasteiger partial charge in [-0.05, 0) is 6.42 Å². The second-order valence-corrected chi connectivity index (χ2v) is 3.81. The van der Waals surface area contributed by atoms with E-state index >= 15 is 0 Å². The van der Waals surface area contributed by atoms with E-state index < -0.39 is 12.0 Å². The van der Waals surface area contributed by atoms with Crippen LogP contribution in [0.5, 0.6) is 0 Å². The Labute approximate surface area is 98.7 Å². The minimum atomic E-state index is -1.08. The summed E-state index contributed by atoms with van der Waals surface area (Å²) in [4.78, 5) is 34.7. The second-order valence-electron chi connectivity index (χ2n) is 3.81. The van der Waals surface area contributed by atoms with Crippen molar-refractivity contribution in [3.63, 3.8) is 0 Å². The fraction of sp³-hybridized carbons (Fsp3) is 0.700. The van der Waals surface area contributed by atoms with E-state index in [1.165, 1.54) is 12.0 Å². The smallest absolute Gasteiger partial charge is 0.323 e. The topological polar surface area (TPSA) is 95.9 Å². The Morgan fingerprint density at radius 2 is 2.29 bits per heavy atom. The van der Waals surface area contributed by atoms with Gasteiger partial charge in [0, 0.05) is 20.1 Å². The highest BCUT2D eigenvalue weighted by atomic mass is 16.5. The van der Waals surface area contributed by atoms with Gasteiger partial charge in [-0.25, -0.2) is 0 Å². The molecule has 1 fully saturated rings. The molecule has 96 valence electrons. The first-order valence-corrected chi connectivity index (χ1v) is 5.33. The predicted octanol–water partition coefficient (Wildman–Crippen LogP) is -1.18. The maximum absolute atomic E-state index is 11.9. The molecule has 1 aliphatic rings. The summed E-state index contributed by atoms with van der Waals surface area (Å²) in [6, 6.07) is -0.598. The van der Waals surface area contributed by atoms with Crippen molar-refractivity contribution in [2.24, 2.45) is 0 Å². The van der Waals surface area contributed by atoms with Crippen molar-refractivity contribution in [2.75, 3.05) is 26.8 Å². The molecule has 0 spiro atoms. The van der Waals surface area contributed by atoms with Gasteiger partial charge in [-0.2, -0.15) is 0 Å². The van der Waals surface area contributed by atoms with Gasteiger partial charge in [-0.1, -0.05) is 0 Å². The molecule has 2 N–H and O–H groups in total. The quantitative estimate of drug-likeness (QED) is 0.613. The molecule has 0 unspecified atom stereocenters. The van der Waals surface area contributed by atoms with E-state index in [4.69, 9.17) is 9.84 Å². The first-order valence-electron chi connectivity index (χ1n) is 5.33. The monoisotopic (exact) mass is 244 g/mol. The van der Waals surface area contributed by atoms with Crippen LogP contribution in [-0.2, 0) is 19.1 Å². The van der Waals surface area contributed by atoms with Crippen molar-refractivity contribution in [3.8, 4) is 0 Å². The fourth-order valence-corrected chi connectivity index (χ4v) is 1.65. The van der Waals surface area contributed by atoms with Crippen LogP contribution in [0.1, 0.15) is 12.8 Å². The number of ether oxygens (including phenoxy) is 1. The van der Waals surface area contributed by atoms with Gasteiger partial charge in [-0.15, -0.1) is 0 Å². The highest BCUT2D eigenvalue weighted by Gasteiger charge is 2.31. The first kappa shape index (κ1) is 13.4. The number of rotatable bonds is 6. The molecule has 0 aromatic heterocycles. The largest absolute Gasteiger partial charge is 0.480 e. The van der Waals surface area contributed by atoms with Crippen LogP contribution in [0.2, 0.25) is 0 Å². The highest BCUT2D eigenvalue weighted by molar-refractivity contribution is 5.92. The molecule has 1 rings (SSSR count). The van der Waals surface area contributed by atoms with Crippen LogP contribution in [0.25, 0.3) is 0 Å². The van der Waals surface area contributed by atoms with Crippen molar-refractivity contribution < 1.29 is 24.2 Å². The molecular formula is C10H16N2O5. The van der Waals surface area contributed by atoms with Crippen LogP contribution in [0.3, 0.4) is 0 Å². The Morgan fingerprint density at radius 3 is 2.76 bits per heavy atom. The molecule has 2 amide bonds. The number of aliphatic carboxylic acids is 1. The number of nitrogens with one attached hydrogen (secondary N) is 1. The number of hydrogen-bond acceptors (Lipinski definition) is 4. The number of carboxylic acids is 1. The van der Waals surface area contributed by atoms with Crippen LogP contribution < -0.4 is 5.32 Å². The summed E-state index contributed by atoms with van der Waals surface area (Å²) in [5.41, 5.74) is 0. The minimum absolute atomic E-state index is 0.176. The SMILES string of the molecule is COCCN(CC(=O)O)C(=O)[C@@H]1CCC(=O)N1. The standard InChI is InChI=1S/C10H16N2O5/c1-17-5-4-12(6-9(14)15)10(16)7-2-3-8(13)11-7/h7H,2-6H2,1H3,(H,11,13)(H,14,15)/t7-/m0/s1. The van der Waals surface area contributed by atoms with Crippen molar-refractivity contribution in [1.82, 2.24) is 10.2 Å². The summed E-state index contributed by atoms with van der Waals surface area (Å²) in [5, 5.41) is 11.2. The van der Waals surface area contributed by atoms with Crippen molar-refractivity contribution in [2.45, 2.75) is 18.9 Å². The van der Waals surface area contributed by atoms with Crippen LogP contribution in [-0.4, -0.2) is 60.6 Å². The van der Waals surface area contributed by atoms with Gasteiger partial charge in [-0.3, -0.25) is 14.4 Å². The lowest BCUT2D eigenvalue weighted by atomic mass is 10.2. The van der Waals surface area contributed by atoms with Crippen LogP contribution in [0.4, 0.5) is 0 Å². The van der Waals surface area contributed by atoms with E-state index in [9.17, 15) is 14.4 Å². The molecule has 1 saturated heterocycles. The number of hydrogen-bond donors (Lipinski definition) is 2. The van der Waals surface area contributed by atoms with Gasteiger partial charge < -0.3 is 20.1 Å². The lowest BCUT2D eigenvalue weighted by Gasteiger charge is -2.23. The molecule has 0 aliphatic carbocycles. The average Bonchev–Trinajstić information content (AvgIpc) is 2.69. The summed E-state index contributed by atoms with van der Waals surface area (Å²) in [6.45, 7) is 0.0856. The van der Waals surface area contributed by atoms with Crippen LogP contribution in [0, 0.1) is 0 Å². The van der Waals surface area contributed by atoms with Gasteiger partial charge in [0.25, 0.3) is 0 Å². The molecule has 7 nitrogen and oxygen atoms in total. The fourth-order valence-electron chi connectivity index (χ4n) is 1.65. The lowest BCUT2D eigenvalue weighted by molar-refractivity contribution is -0.145. The predicted molar refractivity (Wildman–Crippen MR) is 57.3 cm³/mol. The first-order chi connectivity index (χ1) is 8.04. The molecule has 0 aromatic carbocycles. The number of carbonyl (C=O) groups excluding carboxylic acids is 2. The number of carbonyl (C=O) groups is 3. The Bertz CT molecular complexity index is 318. The zero-order valence-corrected chi connectivity index (χ0v) is 9.64. The van der Waals surface area contributed by atoms with Crippen LogP contribution in [0.15, 0.2) is 0 Å². The van der Waals surface area contributed by atoms with Crippen molar-refractivity contribution >= 4 is 17.8 Å². The number of methoxy groups -OCH3 is 1. The molecule has 7 heteroatoms. The van der Waals surface area contributed by atoms with E-state index in [0.29, 0.717) is 12.8 Å². The van der Waals surface area contributed by atoms with Gasteiger partial charge >= 0.3 is 5.97 Å². The Morgan fingerprint density at radius 1 is 1.59 bits per heavy atom. The lowest BCUT2D eigenvalue weighted by Crippen LogP contribution is -2.47. The Kier molecular flexibility index (Phi) is 4.89.